The minimum absolute atomic E-state index is 1.00. The zero-order valence-electron chi connectivity index (χ0n) is 9.80. The number of rotatable bonds is 2. The van der Waals surface area contributed by atoms with Gasteiger partial charge in [0.05, 0.1) is 10.2 Å². The number of thiazole rings is 1. The molecule has 0 amide bonds. The molecule has 4 heteroatoms. The first-order valence-corrected chi connectivity index (χ1v) is 7.20. The molecule has 0 aliphatic rings. The lowest BCUT2D eigenvalue weighted by molar-refractivity contribution is 1.18. The Bertz CT molecular complexity index is 679. The quantitative estimate of drug-likeness (QED) is 0.673. The second-order valence-corrected chi connectivity index (χ2v) is 5.84. The summed E-state index contributed by atoms with van der Waals surface area (Å²) in [4.78, 5) is 6.79. The van der Waals surface area contributed by atoms with Gasteiger partial charge in [0.2, 0.25) is 0 Å². The fourth-order valence-corrected chi connectivity index (χ4v) is 3.37. The summed E-state index contributed by atoms with van der Waals surface area (Å²) < 4.78 is 2.24. The first-order chi connectivity index (χ1) is 8.75. The molecule has 0 saturated heterocycles. The molecule has 1 heterocycles. The molecule has 90 valence electrons. The summed E-state index contributed by atoms with van der Waals surface area (Å²) in [5.41, 5.74) is 2.17. The lowest BCUT2D eigenvalue weighted by atomic mass is 10.3. The standard InChI is InChI=1S/C14H11BrN2S/c1-17(10-6-3-2-4-7-10)14-16-13-11(15)8-5-9-12(13)18-14/h2-9H,1H3. The third-order valence-electron chi connectivity index (χ3n) is 2.79. The Labute approximate surface area is 118 Å². The zero-order valence-corrected chi connectivity index (χ0v) is 12.2. The molecule has 2 aromatic carbocycles. The van der Waals surface area contributed by atoms with E-state index in [0.29, 0.717) is 0 Å². The molecule has 0 fully saturated rings. The summed E-state index contributed by atoms with van der Waals surface area (Å²) in [6.07, 6.45) is 0. The highest BCUT2D eigenvalue weighted by molar-refractivity contribution is 9.10. The van der Waals surface area contributed by atoms with Crippen molar-refractivity contribution in [2.75, 3.05) is 11.9 Å². The highest BCUT2D eigenvalue weighted by Gasteiger charge is 2.11. The molecule has 0 atom stereocenters. The topological polar surface area (TPSA) is 16.1 Å². The maximum absolute atomic E-state index is 4.69. The van der Waals surface area contributed by atoms with Crippen LogP contribution < -0.4 is 4.90 Å². The molecule has 0 aliphatic heterocycles. The molecule has 1 aromatic heterocycles. The average molecular weight is 319 g/mol. The van der Waals surface area contributed by atoms with Gasteiger partial charge in [-0.15, -0.1) is 0 Å². The van der Waals surface area contributed by atoms with Gasteiger partial charge < -0.3 is 4.90 Å². The number of halogens is 1. The first-order valence-electron chi connectivity index (χ1n) is 5.59. The lowest BCUT2D eigenvalue weighted by Gasteiger charge is -2.15. The molecule has 3 aromatic rings. The fourth-order valence-electron chi connectivity index (χ4n) is 1.81. The van der Waals surface area contributed by atoms with Crippen LogP contribution in [0.2, 0.25) is 0 Å². The molecule has 2 nitrogen and oxygen atoms in total. The molecule has 3 rings (SSSR count). The Morgan fingerprint density at radius 2 is 1.83 bits per heavy atom. The Morgan fingerprint density at radius 3 is 2.56 bits per heavy atom. The Morgan fingerprint density at radius 1 is 1.06 bits per heavy atom. The predicted octanol–water partition coefficient (Wildman–Crippen LogP) is 4.83. The SMILES string of the molecule is CN(c1ccccc1)c1nc2c(Br)cccc2s1. The maximum atomic E-state index is 4.69. The number of fused-ring (bicyclic) bond motifs is 1. The van der Waals surface area contributed by atoms with Crippen molar-refractivity contribution in [3.05, 3.63) is 53.0 Å². The number of nitrogens with zero attached hydrogens (tertiary/aromatic N) is 2. The van der Waals surface area contributed by atoms with E-state index in [4.69, 9.17) is 0 Å². The number of anilines is 2. The molecule has 18 heavy (non-hydrogen) atoms. The number of benzene rings is 2. The van der Waals surface area contributed by atoms with Gasteiger partial charge in [-0.05, 0) is 40.2 Å². The van der Waals surface area contributed by atoms with Crippen molar-refractivity contribution in [2.24, 2.45) is 0 Å². The van der Waals surface area contributed by atoms with Crippen LogP contribution in [0.15, 0.2) is 53.0 Å². The van der Waals surface area contributed by atoms with Gasteiger partial charge in [0.25, 0.3) is 0 Å². The highest BCUT2D eigenvalue weighted by Crippen LogP contribution is 2.34. The predicted molar refractivity (Wildman–Crippen MR) is 81.8 cm³/mol. The third kappa shape index (κ3) is 2.02. The summed E-state index contributed by atoms with van der Waals surface area (Å²) in [5, 5.41) is 1.00. The Kier molecular flexibility index (Phi) is 3.06. The van der Waals surface area contributed by atoms with Crippen molar-refractivity contribution >= 4 is 48.3 Å². The summed E-state index contributed by atoms with van der Waals surface area (Å²) in [6.45, 7) is 0. The van der Waals surface area contributed by atoms with Crippen LogP contribution in [0.5, 0.6) is 0 Å². The molecule has 0 radical (unpaired) electrons. The normalized spacial score (nSPS) is 10.8. The van der Waals surface area contributed by atoms with Crippen molar-refractivity contribution in [3.8, 4) is 0 Å². The van der Waals surface area contributed by atoms with Crippen LogP contribution >= 0.6 is 27.3 Å². The van der Waals surface area contributed by atoms with Crippen LogP contribution in [-0.2, 0) is 0 Å². The van der Waals surface area contributed by atoms with Gasteiger partial charge in [-0.25, -0.2) is 4.98 Å². The first kappa shape index (κ1) is 11.7. The third-order valence-corrected chi connectivity index (χ3v) is 4.53. The van der Waals surface area contributed by atoms with E-state index in [1.54, 1.807) is 11.3 Å². The van der Waals surface area contributed by atoms with Crippen LogP contribution in [0.3, 0.4) is 0 Å². The summed E-state index contributed by atoms with van der Waals surface area (Å²) in [6, 6.07) is 16.4. The van der Waals surface area contributed by atoms with Gasteiger partial charge >= 0.3 is 0 Å². The maximum Gasteiger partial charge on any atom is 0.190 e. The van der Waals surface area contributed by atoms with Crippen molar-refractivity contribution < 1.29 is 0 Å². The second kappa shape index (κ2) is 4.71. The van der Waals surface area contributed by atoms with E-state index in [-0.39, 0.29) is 0 Å². The molecular formula is C14H11BrN2S. The van der Waals surface area contributed by atoms with Gasteiger partial charge in [0.1, 0.15) is 0 Å². The van der Waals surface area contributed by atoms with Crippen molar-refractivity contribution in [1.82, 2.24) is 4.98 Å². The molecule has 0 unspecified atom stereocenters. The van der Waals surface area contributed by atoms with E-state index < -0.39 is 0 Å². The van der Waals surface area contributed by atoms with Crippen LogP contribution in [-0.4, -0.2) is 12.0 Å². The van der Waals surface area contributed by atoms with Gasteiger partial charge in [-0.1, -0.05) is 35.6 Å². The van der Waals surface area contributed by atoms with Gasteiger partial charge in [0.15, 0.2) is 5.13 Å². The number of aromatic nitrogens is 1. The highest BCUT2D eigenvalue weighted by atomic mass is 79.9. The van der Waals surface area contributed by atoms with Gasteiger partial charge in [-0.2, -0.15) is 0 Å². The van der Waals surface area contributed by atoms with Gasteiger partial charge in [-0.3, -0.25) is 0 Å². The van der Waals surface area contributed by atoms with Crippen LogP contribution in [0.1, 0.15) is 0 Å². The molecule has 0 aliphatic carbocycles. The molecule has 0 saturated carbocycles. The van der Waals surface area contributed by atoms with E-state index in [1.165, 1.54) is 4.70 Å². The van der Waals surface area contributed by atoms with E-state index in [9.17, 15) is 0 Å². The van der Waals surface area contributed by atoms with Crippen LogP contribution in [0.25, 0.3) is 10.2 Å². The zero-order chi connectivity index (χ0) is 12.5. The number of hydrogen-bond donors (Lipinski definition) is 0. The number of hydrogen-bond acceptors (Lipinski definition) is 3. The van der Waals surface area contributed by atoms with Crippen molar-refractivity contribution in [2.45, 2.75) is 0 Å². The largest absolute Gasteiger partial charge is 0.321 e. The number of para-hydroxylation sites is 2. The van der Waals surface area contributed by atoms with E-state index in [1.807, 2.05) is 37.4 Å². The Balaban J connectivity index is 2.07. The van der Waals surface area contributed by atoms with Crippen molar-refractivity contribution in [1.29, 1.82) is 0 Å². The average Bonchev–Trinajstić information content (AvgIpc) is 2.84. The van der Waals surface area contributed by atoms with E-state index in [0.717, 1.165) is 20.8 Å². The summed E-state index contributed by atoms with van der Waals surface area (Å²) in [5.74, 6) is 0. The molecule has 0 N–H and O–H groups in total. The monoisotopic (exact) mass is 318 g/mol. The summed E-state index contributed by atoms with van der Waals surface area (Å²) >= 11 is 5.24. The second-order valence-electron chi connectivity index (χ2n) is 3.98. The van der Waals surface area contributed by atoms with Gasteiger partial charge in [0, 0.05) is 17.2 Å². The smallest absolute Gasteiger partial charge is 0.190 e. The minimum Gasteiger partial charge on any atom is -0.321 e. The molecule has 0 spiro atoms. The minimum atomic E-state index is 1.00. The van der Waals surface area contributed by atoms with E-state index in [2.05, 4.69) is 44.0 Å². The van der Waals surface area contributed by atoms with Crippen LogP contribution in [0, 0.1) is 0 Å². The molecule has 0 bridgehead atoms. The summed E-state index contributed by atoms with van der Waals surface area (Å²) in [7, 11) is 2.04. The van der Waals surface area contributed by atoms with E-state index >= 15 is 0 Å². The fraction of sp³-hybridized carbons (Fsp3) is 0.0714. The van der Waals surface area contributed by atoms with Crippen molar-refractivity contribution in [3.63, 3.8) is 0 Å². The lowest BCUT2D eigenvalue weighted by Crippen LogP contribution is -2.08. The van der Waals surface area contributed by atoms with Crippen LogP contribution in [0.4, 0.5) is 10.8 Å². The Hall–Kier alpha value is -1.39. The molecular weight excluding hydrogens is 308 g/mol.